The Morgan fingerprint density at radius 3 is 2.48 bits per heavy atom. The Bertz CT molecular complexity index is 1070. The van der Waals surface area contributed by atoms with E-state index in [-0.39, 0.29) is 17.7 Å². The van der Waals surface area contributed by atoms with Gasteiger partial charge < -0.3 is 20.4 Å². The van der Waals surface area contributed by atoms with Crippen molar-refractivity contribution in [2.75, 3.05) is 23.3 Å². The molecule has 29 heavy (non-hydrogen) atoms. The maximum Gasteiger partial charge on any atom is 0.291 e. The fourth-order valence-corrected chi connectivity index (χ4v) is 4.14. The van der Waals surface area contributed by atoms with Gasteiger partial charge >= 0.3 is 0 Å². The molecule has 7 heteroatoms. The first-order chi connectivity index (χ1) is 13.9. The molecule has 1 fully saturated rings. The van der Waals surface area contributed by atoms with Gasteiger partial charge in [0.05, 0.1) is 0 Å². The number of furan rings is 1. The molecule has 0 bridgehead atoms. The van der Waals surface area contributed by atoms with E-state index in [1.54, 1.807) is 0 Å². The summed E-state index contributed by atoms with van der Waals surface area (Å²) in [6.45, 7) is 3.48. The largest absolute Gasteiger partial charge is 0.451 e. The third-order valence-corrected chi connectivity index (χ3v) is 5.99. The quantitative estimate of drug-likeness (QED) is 0.607. The Morgan fingerprint density at radius 1 is 1.14 bits per heavy atom. The van der Waals surface area contributed by atoms with Crippen LogP contribution in [0.25, 0.3) is 11.0 Å². The van der Waals surface area contributed by atoms with E-state index >= 15 is 0 Å². The van der Waals surface area contributed by atoms with Gasteiger partial charge in [-0.25, -0.2) is 0 Å². The smallest absolute Gasteiger partial charge is 0.291 e. The molecule has 6 nitrogen and oxygen atoms in total. The van der Waals surface area contributed by atoms with Crippen LogP contribution in [-0.4, -0.2) is 24.9 Å². The summed E-state index contributed by atoms with van der Waals surface area (Å²) in [4.78, 5) is 26.2. The summed E-state index contributed by atoms with van der Waals surface area (Å²) in [7, 11) is 0. The van der Waals surface area contributed by atoms with Crippen molar-refractivity contribution < 1.29 is 14.0 Å². The van der Waals surface area contributed by atoms with E-state index in [2.05, 4.69) is 26.1 Å². The van der Waals surface area contributed by atoms with Crippen LogP contribution >= 0.6 is 15.9 Å². The van der Waals surface area contributed by atoms with Gasteiger partial charge in [0, 0.05) is 45.8 Å². The Balaban J connectivity index is 1.45. The number of carbonyl (C=O) groups is 2. The van der Waals surface area contributed by atoms with E-state index in [1.807, 2.05) is 49.4 Å². The molecule has 1 aromatic heterocycles. The molecule has 2 heterocycles. The number of hydrogen-bond donors (Lipinski definition) is 2. The lowest BCUT2D eigenvalue weighted by Crippen LogP contribution is -2.38. The van der Waals surface area contributed by atoms with Crippen molar-refractivity contribution >= 4 is 50.1 Å². The van der Waals surface area contributed by atoms with Gasteiger partial charge in [-0.2, -0.15) is 0 Å². The topological polar surface area (TPSA) is 88.6 Å². The summed E-state index contributed by atoms with van der Waals surface area (Å²) in [5.41, 5.74) is 8.67. The molecule has 0 spiro atoms. The van der Waals surface area contributed by atoms with Gasteiger partial charge in [0.15, 0.2) is 5.76 Å². The van der Waals surface area contributed by atoms with Crippen LogP contribution in [0, 0.1) is 12.8 Å². The lowest BCUT2D eigenvalue weighted by molar-refractivity contribution is -0.122. The van der Waals surface area contributed by atoms with E-state index in [0.717, 1.165) is 47.0 Å². The highest BCUT2D eigenvalue weighted by molar-refractivity contribution is 9.10. The number of nitrogens with two attached hydrogens (primary N) is 1. The molecule has 2 amide bonds. The molecule has 3 N–H and O–H groups in total. The molecule has 0 radical (unpaired) electrons. The van der Waals surface area contributed by atoms with Gasteiger partial charge in [0.1, 0.15) is 5.58 Å². The highest BCUT2D eigenvalue weighted by Crippen LogP contribution is 2.29. The first-order valence-electron chi connectivity index (χ1n) is 9.56. The van der Waals surface area contributed by atoms with Crippen molar-refractivity contribution in [2.24, 2.45) is 11.7 Å². The van der Waals surface area contributed by atoms with Gasteiger partial charge in [-0.3, -0.25) is 9.59 Å². The number of benzene rings is 2. The number of primary amides is 1. The number of aryl methyl sites for hydroxylation is 1. The summed E-state index contributed by atoms with van der Waals surface area (Å²) in [5, 5.41) is 3.82. The number of nitrogens with zero attached hydrogens (tertiary/aromatic N) is 1. The average molecular weight is 456 g/mol. The SMILES string of the molecule is Cc1c(C(=O)Nc2ccc(N3CCC(C(N)=O)CC3)cc2)oc2ccc(Br)cc12. The number of carbonyl (C=O) groups excluding carboxylic acids is 2. The Kier molecular flexibility index (Phi) is 5.32. The zero-order valence-corrected chi connectivity index (χ0v) is 17.7. The standard InChI is InChI=1S/C22H22BrN3O3/c1-13-18-12-15(23)2-7-19(18)29-20(13)22(28)25-16-3-5-17(6-4-16)26-10-8-14(9-11-26)21(24)27/h2-7,12,14H,8-11H2,1H3,(H2,24,27)(H,25,28). The average Bonchev–Trinajstić information content (AvgIpc) is 3.05. The van der Waals surface area contributed by atoms with Crippen LogP contribution in [0.2, 0.25) is 0 Å². The predicted octanol–water partition coefficient (Wildman–Crippen LogP) is 4.46. The summed E-state index contributed by atoms with van der Waals surface area (Å²) < 4.78 is 6.70. The first-order valence-corrected chi connectivity index (χ1v) is 10.4. The fourth-order valence-electron chi connectivity index (χ4n) is 3.78. The molecule has 1 saturated heterocycles. The molecule has 1 aliphatic rings. The van der Waals surface area contributed by atoms with E-state index < -0.39 is 0 Å². The molecular weight excluding hydrogens is 434 g/mol. The van der Waals surface area contributed by atoms with Crippen LogP contribution in [0.3, 0.4) is 0 Å². The maximum absolute atomic E-state index is 12.7. The lowest BCUT2D eigenvalue weighted by Gasteiger charge is -2.32. The molecule has 0 atom stereocenters. The van der Waals surface area contributed by atoms with E-state index in [4.69, 9.17) is 10.2 Å². The number of piperidine rings is 1. The van der Waals surface area contributed by atoms with Gasteiger partial charge in [-0.15, -0.1) is 0 Å². The summed E-state index contributed by atoms with van der Waals surface area (Å²) in [6.07, 6.45) is 1.55. The second-order valence-corrected chi connectivity index (χ2v) is 8.28. The molecular formula is C22H22BrN3O3. The van der Waals surface area contributed by atoms with Gasteiger partial charge in [0.2, 0.25) is 5.91 Å². The molecule has 1 aliphatic heterocycles. The zero-order valence-electron chi connectivity index (χ0n) is 16.1. The highest BCUT2D eigenvalue weighted by Gasteiger charge is 2.23. The summed E-state index contributed by atoms with van der Waals surface area (Å²) in [5.74, 6) is -0.200. The Morgan fingerprint density at radius 2 is 1.83 bits per heavy atom. The molecule has 0 saturated carbocycles. The number of rotatable bonds is 4. The van der Waals surface area contributed by atoms with Gasteiger partial charge in [0.25, 0.3) is 5.91 Å². The van der Waals surface area contributed by atoms with Crippen LogP contribution < -0.4 is 16.0 Å². The van der Waals surface area contributed by atoms with Crippen molar-refractivity contribution in [2.45, 2.75) is 19.8 Å². The van der Waals surface area contributed by atoms with Gasteiger partial charge in [-0.1, -0.05) is 15.9 Å². The van der Waals surface area contributed by atoms with Crippen molar-refractivity contribution in [3.63, 3.8) is 0 Å². The lowest BCUT2D eigenvalue weighted by atomic mass is 9.96. The maximum atomic E-state index is 12.7. The normalized spacial score (nSPS) is 14.9. The number of nitrogens with one attached hydrogen (secondary N) is 1. The van der Waals surface area contributed by atoms with Crippen LogP contribution in [0.15, 0.2) is 51.4 Å². The minimum Gasteiger partial charge on any atom is -0.451 e. The third kappa shape index (κ3) is 4.00. The molecule has 0 aliphatic carbocycles. The van der Waals surface area contributed by atoms with Crippen LogP contribution in [-0.2, 0) is 4.79 Å². The van der Waals surface area contributed by atoms with Gasteiger partial charge in [-0.05, 0) is 62.2 Å². The van der Waals surface area contributed by atoms with Crippen LogP contribution in [0.1, 0.15) is 29.0 Å². The Labute approximate surface area is 177 Å². The molecule has 2 aromatic carbocycles. The summed E-state index contributed by atoms with van der Waals surface area (Å²) in [6, 6.07) is 13.4. The fraction of sp³-hybridized carbons (Fsp3) is 0.273. The third-order valence-electron chi connectivity index (χ3n) is 5.49. The summed E-state index contributed by atoms with van der Waals surface area (Å²) >= 11 is 3.45. The second kappa shape index (κ2) is 7.91. The number of anilines is 2. The van der Waals surface area contributed by atoms with Crippen LogP contribution in [0.5, 0.6) is 0 Å². The number of amides is 2. The predicted molar refractivity (Wildman–Crippen MR) is 117 cm³/mol. The molecule has 4 rings (SSSR count). The van der Waals surface area contributed by atoms with Crippen LogP contribution in [0.4, 0.5) is 11.4 Å². The van der Waals surface area contributed by atoms with Crippen molar-refractivity contribution in [1.29, 1.82) is 0 Å². The number of fused-ring (bicyclic) bond motifs is 1. The van der Waals surface area contributed by atoms with Crippen molar-refractivity contribution in [1.82, 2.24) is 0 Å². The van der Waals surface area contributed by atoms with E-state index in [0.29, 0.717) is 17.0 Å². The Hall–Kier alpha value is -2.80. The number of hydrogen-bond acceptors (Lipinski definition) is 4. The minimum atomic E-state index is -0.273. The molecule has 150 valence electrons. The molecule has 0 unspecified atom stereocenters. The number of halogens is 1. The van der Waals surface area contributed by atoms with Crippen molar-refractivity contribution in [3.05, 3.63) is 58.3 Å². The monoisotopic (exact) mass is 455 g/mol. The zero-order chi connectivity index (χ0) is 20.5. The highest BCUT2D eigenvalue weighted by atomic mass is 79.9. The second-order valence-electron chi connectivity index (χ2n) is 7.36. The molecule has 3 aromatic rings. The van der Waals surface area contributed by atoms with E-state index in [1.165, 1.54) is 0 Å². The van der Waals surface area contributed by atoms with E-state index in [9.17, 15) is 9.59 Å². The minimum absolute atomic E-state index is 0.0301. The first kappa shape index (κ1) is 19.5. The van der Waals surface area contributed by atoms with Crippen molar-refractivity contribution in [3.8, 4) is 0 Å².